The summed E-state index contributed by atoms with van der Waals surface area (Å²) < 4.78 is 7.85. The first kappa shape index (κ1) is 17.5. The number of hydrogen-bond donors (Lipinski definition) is 0. The Kier molecular flexibility index (Phi) is 4.77. The van der Waals surface area contributed by atoms with E-state index in [0.29, 0.717) is 11.8 Å². The van der Waals surface area contributed by atoms with Crippen LogP contribution in [0, 0.1) is 6.92 Å². The second-order valence-corrected chi connectivity index (χ2v) is 7.56. The molecule has 0 bridgehead atoms. The van der Waals surface area contributed by atoms with Crippen LogP contribution < -0.4 is 0 Å². The minimum Gasteiger partial charge on any atom is -0.419 e. The molecule has 0 unspecified atom stereocenters. The van der Waals surface area contributed by atoms with Crippen molar-refractivity contribution in [1.29, 1.82) is 0 Å². The van der Waals surface area contributed by atoms with Crippen molar-refractivity contribution in [1.82, 2.24) is 25.0 Å². The number of rotatable bonds is 5. The van der Waals surface area contributed by atoms with Gasteiger partial charge in [-0.05, 0) is 31.5 Å². The standard InChI is InChI=1S/C20H19N5OS/c1-13-9-7-8-12-16(13)17-21-24-20(25(17)3)27-14(2)18-22-23-19(26-18)15-10-5-4-6-11-15/h4-12,14H,1-3H3/t14-/m1/s1. The van der Waals surface area contributed by atoms with E-state index in [-0.39, 0.29) is 5.25 Å². The highest BCUT2D eigenvalue weighted by atomic mass is 32.2. The highest BCUT2D eigenvalue weighted by molar-refractivity contribution is 7.99. The summed E-state index contributed by atoms with van der Waals surface area (Å²) >= 11 is 1.55. The zero-order valence-corrected chi connectivity index (χ0v) is 16.1. The van der Waals surface area contributed by atoms with Crippen LogP contribution in [0.4, 0.5) is 0 Å². The van der Waals surface area contributed by atoms with Crippen LogP contribution in [0.1, 0.15) is 23.6 Å². The van der Waals surface area contributed by atoms with E-state index in [9.17, 15) is 0 Å². The van der Waals surface area contributed by atoms with E-state index in [1.54, 1.807) is 11.8 Å². The van der Waals surface area contributed by atoms with Crippen molar-refractivity contribution < 1.29 is 4.42 Å². The third-order valence-electron chi connectivity index (χ3n) is 4.31. The van der Waals surface area contributed by atoms with E-state index in [4.69, 9.17) is 4.42 Å². The fraction of sp³-hybridized carbons (Fsp3) is 0.200. The summed E-state index contributed by atoms with van der Waals surface area (Å²) in [7, 11) is 1.97. The summed E-state index contributed by atoms with van der Waals surface area (Å²) in [5.41, 5.74) is 3.16. The summed E-state index contributed by atoms with van der Waals surface area (Å²) in [5.74, 6) is 1.94. The molecule has 0 aliphatic carbocycles. The van der Waals surface area contributed by atoms with E-state index in [1.165, 1.54) is 5.56 Å². The zero-order chi connectivity index (χ0) is 18.8. The molecule has 2 aromatic carbocycles. The molecular weight excluding hydrogens is 358 g/mol. The lowest BCUT2D eigenvalue weighted by molar-refractivity contribution is 0.508. The number of benzene rings is 2. The van der Waals surface area contributed by atoms with E-state index < -0.39 is 0 Å². The Labute approximate surface area is 161 Å². The van der Waals surface area contributed by atoms with E-state index >= 15 is 0 Å². The number of thioether (sulfide) groups is 1. The molecule has 2 heterocycles. The predicted octanol–water partition coefficient (Wildman–Crippen LogP) is 4.69. The molecule has 0 amide bonds. The second-order valence-electron chi connectivity index (χ2n) is 6.25. The Balaban J connectivity index is 1.55. The molecule has 27 heavy (non-hydrogen) atoms. The Hall–Kier alpha value is -2.93. The Morgan fingerprint density at radius 2 is 1.67 bits per heavy atom. The monoisotopic (exact) mass is 377 g/mol. The average molecular weight is 377 g/mol. The van der Waals surface area contributed by atoms with E-state index in [0.717, 1.165) is 22.1 Å². The van der Waals surface area contributed by atoms with Crippen molar-refractivity contribution in [2.24, 2.45) is 7.05 Å². The second kappa shape index (κ2) is 7.36. The third kappa shape index (κ3) is 3.50. The summed E-state index contributed by atoms with van der Waals surface area (Å²) in [5, 5.41) is 17.9. The molecule has 0 radical (unpaired) electrons. The van der Waals surface area contributed by atoms with Crippen molar-refractivity contribution >= 4 is 11.8 Å². The van der Waals surface area contributed by atoms with Gasteiger partial charge in [-0.2, -0.15) is 0 Å². The quantitative estimate of drug-likeness (QED) is 0.470. The Morgan fingerprint density at radius 1 is 0.926 bits per heavy atom. The Morgan fingerprint density at radius 3 is 2.44 bits per heavy atom. The topological polar surface area (TPSA) is 69.6 Å². The van der Waals surface area contributed by atoms with Gasteiger partial charge >= 0.3 is 0 Å². The molecule has 0 saturated carbocycles. The van der Waals surface area contributed by atoms with Gasteiger partial charge in [-0.25, -0.2) is 0 Å². The molecule has 0 aliphatic heterocycles. The number of aromatic nitrogens is 5. The van der Waals surface area contributed by atoms with Gasteiger partial charge in [0.25, 0.3) is 0 Å². The number of nitrogens with zero attached hydrogens (tertiary/aromatic N) is 5. The van der Waals surface area contributed by atoms with Crippen molar-refractivity contribution in [2.75, 3.05) is 0 Å². The molecule has 2 aromatic heterocycles. The molecule has 6 nitrogen and oxygen atoms in total. The van der Waals surface area contributed by atoms with Gasteiger partial charge < -0.3 is 8.98 Å². The van der Waals surface area contributed by atoms with Crippen LogP contribution in [0.5, 0.6) is 0 Å². The smallest absolute Gasteiger partial charge is 0.247 e. The van der Waals surface area contributed by atoms with Crippen molar-refractivity contribution in [3.63, 3.8) is 0 Å². The first-order valence-corrected chi connectivity index (χ1v) is 9.52. The first-order chi connectivity index (χ1) is 13.1. The maximum absolute atomic E-state index is 5.85. The maximum atomic E-state index is 5.85. The summed E-state index contributed by atoms with van der Waals surface area (Å²) in [6.45, 7) is 4.10. The lowest BCUT2D eigenvalue weighted by Crippen LogP contribution is -1.98. The molecular formula is C20H19N5OS. The van der Waals surface area contributed by atoms with Crippen LogP contribution in [-0.4, -0.2) is 25.0 Å². The molecule has 0 saturated heterocycles. The molecule has 0 spiro atoms. The van der Waals surface area contributed by atoms with Gasteiger partial charge in [0.1, 0.15) is 0 Å². The molecule has 0 N–H and O–H groups in total. The van der Waals surface area contributed by atoms with Crippen LogP contribution in [0.3, 0.4) is 0 Å². The SMILES string of the molecule is Cc1ccccc1-c1nnc(S[C@H](C)c2nnc(-c3ccccc3)o2)n1C. The van der Waals surface area contributed by atoms with Gasteiger partial charge in [0.2, 0.25) is 11.8 Å². The largest absolute Gasteiger partial charge is 0.419 e. The molecule has 4 rings (SSSR count). The number of hydrogen-bond acceptors (Lipinski definition) is 6. The average Bonchev–Trinajstić information content (AvgIpc) is 3.31. The number of aryl methyl sites for hydroxylation is 1. The first-order valence-electron chi connectivity index (χ1n) is 8.64. The fourth-order valence-corrected chi connectivity index (χ4v) is 3.63. The molecule has 1 atom stereocenters. The Bertz CT molecular complexity index is 1060. The van der Waals surface area contributed by atoms with Crippen LogP contribution in [0.15, 0.2) is 64.2 Å². The summed E-state index contributed by atoms with van der Waals surface area (Å²) in [6, 6.07) is 17.9. The minimum atomic E-state index is -0.0393. The summed E-state index contributed by atoms with van der Waals surface area (Å²) in [6.07, 6.45) is 0. The van der Waals surface area contributed by atoms with Crippen molar-refractivity contribution in [2.45, 2.75) is 24.3 Å². The van der Waals surface area contributed by atoms with Crippen LogP contribution in [0.25, 0.3) is 22.8 Å². The molecule has 0 aliphatic rings. The van der Waals surface area contributed by atoms with Gasteiger partial charge in [0, 0.05) is 18.2 Å². The lowest BCUT2D eigenvalue weighted by atomic mass is 10.1. The van der Waals surface area contributed by atoms with Crippen LogP contribution in [0.2, 0.25) is 0 Å². The van der Waals surface area contributed by atoms with Gasteiger partial charge in [0.15, 0.2) is 11.0 Å². The predicted molar refractivity (Wildman–Crippen MR) is 105 cm³/mol. The van der Waals surface area contributed by atoms with Crippen LogP contribution in [-0.2, 0) is 7.05 Å². The van der Waals surface area contributed by atoms with E-state index in [1.807, 2.05) is 61.0 Å². The van der Waals surface area contributed by atoms with Crippen LogP contribution >= 0.6 is 11.8 Å². The van der Waals surface area contributed by atoms with Gasteiger partial charge in [0.05, 0.1) is 5.25 Å². The van der Waals surface area contributed by atoms with Gasteiger partial charge in [-0.1, -0.05) is 54.2 Å². The molecule has 7 heteroatoms. The molecule has 0 fully saturated rings. The van der Waals surface area contributed by atoms with Crippen molar-refractivity contribution in [3.8, 4) is 22.8 Å². The highest BCUT2D eigenvalue weighted by Gasteiger charge is 2.20. The zero-order valence-electron chi connectivity index (χ0n) is 15.3. The third-order valence-corrected chi connectivity index (χ3v) is 5.43. The van der Waals surface area contributed by atoms with E-state index in [2.05, 4.69) is 39.5 Å². The maximum Gasteiger partial charge on any atom is 0.247 e. The molecule has 4 aromatic rings. The lowest BCUT2D eigenvalue weighted by Gasteiger charge is -2.08. The van der Waals surface area contributed by atoms with Gasteiger partial charge in [-0.3, -0.25) is 0 Å². The summed E-state index contributed by atoms with van der Waals surface area (Å²) in [4.78, 5) is 0. The van der Waals surface area contributed by atoms with Gasteiger partial charge in [-0.15, -0.1) is 20.4 Å². The molecule has 136 valence electrons. The normalized spacial score (nSPS) is 12.3. The fourth-order valence-electron chi connectivity index (χ4n) is 2.78. The highest BCUT2D eigenvalue weighted by Crippen LogP contribution is 2.35. The minimum absolute atomic E-state index is 0.0393. The van der Waals surface area contributed by atoms with Crippen molar-refractivity contribution in [3.05, 3.63) is 66.1 Å².